The Labute approximate surface area is 188 Å². The molecule has 0 atom stereocenters. The van der Waals surface area contributed by atoms with Crippen molar-refractivity contribution >= 4 is 20.9 Å². The number of aromatic amines is 1. The number of nitrogens with zero attached hydrogens (tertiary/aromatic N) is 3. The second-order valence-corrected chi connectivity index (χ2v) is 11.0. The molecule has 2 saturated heterocycles. The van der Waals surface area contributed by atoms with E-state index in [1.165, 1.54) is 25.0 Å². The summed E-state index contributed by atoms with van der Waals surface area (Å²) in [6, 6.07) is 12.6. The van der Waals surface area contributed by atoms with Gasteiger partial charge >= 0.3 is 0 Å². The number of sulfonamides is 1. The number of likely N-dealkylation sites (tertiary alicyclic amines) is 1. The average Bonchev–Trinajstić information content (AvgIpc) is 3.47. The van der Waals surface area contributed by atoms with Crippen molar-refractivity contribution < 1.29 is 12.8 Å². The van der Waals surface area contributed by atoms with E-state index in [-0.39, 0.29) is 17.5 Å². The van der Waals surface area contributed by atoms with Crippen LogP contribution in [-0.4, -0.2) is 66.3 Å². The molecular formula is C24H29FN4O2S. The zero-order valence-electron chi connectivity index (χ0n) is 18.1. The molecule has 0 aliphatic carbocycles. The van der Waals surface area contributed by atoms with E-state index in [0.717, 1.165) is 53.7 Å². The fourth-order valence-electron chi connectivity index (χ4n) is 4.99. The molecule has 0 unspecified atom stereocenters. The Kier molecular flexibility index (Phi) is 6.01. The van der Waals surface area contributed by atoms with Gasteiger partial charge in [0.2, 0.25) is 10.0 Å². The van der Waals surface area contributed by atoms with E-state index in [1.54, 1.807) is 10.4 Å². The van der Waals surface area contributed by atoms with Crippen molar-refractivity contribution in [2.45, 2.75) is 31.6 Å². The molecule has 170 valence electrons. The molecule has 1 N–H and O–H groups in total. The van der Waals surface area contributed by atoms with Gasteiger partial charge in [0.1, 0.15) is 5.82 Å². The number of fused-ring (bicyclic) bond motifs is 1. The van der Waals surface area contributed by atoms with E-state index in [2.05, 4.69) is 21.2 Å². The summed E-state index contributed by atoms with van der Waals surface area (Å²) in [5, 5.41) is 8.67. The number of nitrogens with one attached hydrogen (secondary N) is 1. The lowest BCUT2D eigenvalue weighted by Gasteiger charge is -2.31. The maximum atomic E-state index is 13.7. The van der Waals surface area contributed by atoms with E-state index >= 15 is 0 Å². The van der Waals surface area contributed by atoms with E-state index in [4.69, 9.17) is 0 Å². The molecule has 0 amide bonds. The number of rotatable bonds is 6. The minimum atomic E-state index is -3.22. The molecule has 0 saturated carbocycles. The van der Waals surface area contributed by atoms with Crippen LogP contribution >= 0.6 is 0 Å². The van der Waals surface area contributed by atoms with Crippen LogP contribution in [0.5, 0.6) is 0 Å². The maximum absolute atomic E-state index is 13.7. The number of piperidine rings is 1. The molecule has 2 fully saturated rings. The minimum absolute atomic E-state index is 0.210. The first-order valence-electron chi connectivity index (χ1n) is 11.4. The van der Waals surface area contributed by atoms with Crippen LogP contribution < -0.4 is 0 Å². The molecule has 0 bridgehead atoms. The van der Waals surface area contributed by atoms with Crippen molar-refractivity contribution in [2.75, 3.05) is 38.5 Å². The molecular weight excluding hydrogens is 427 g/mol. The zero-order valence-corrected chi connectivity index (χ0v) is 19.0. The summed E-state index contributed by atoms with van der Waals surface area (Å²) in [4.78, 5) is 2.25. The lowest BCUT2D eigenvalue weighted by atomic mass is 9.91. The normalized spacial score (nSPS) is 19.2. The van der Waals surface area contributed by atoms with Gasteiger partial charge in [-0.1, -0.05) is 18.2 Å². The van der Waals surface area contributed by atoms with E-state index in [1.807, 2.05) is 18.2 Å². The van der Waals surface area contributed by atoms with Crippen LogP contribution in [-0.2, 0) is 10.0 Å². The van der Waals surface area contributed by atoms with Crippen LogP contribution in [0.4, 0.5) is 4.39 Å². The summed E-state index contributed by atoms with van der Waals surface area (Å²) in [6.07, 6.45) is 3.88. The van der Waals surface area contributed by atoms with Gasteiger partial charge in [-0.15, -0.1) is 0 Å². The Morgan fingerprint density at radius 1 is 1.00 bits per heavy atom. The Bertz CT molecular complexity index is 1200. The van der Waals surface area contributed by atoms with Crippen molar-refractivity contribution in [2.24, 2.45) is 0 Å². The monoisotopic (exact) mass is 456 g/mol. The molecule has 3 heterocycles. The lowest BCUT2D eigenvalue weighted by Crippen LogP contribution is -2.41. The van der Waals surface area contributed by atoms with E-state index in [9.17, 15) is 12.8 Å². The highest BCUT2D eigenvalue weighted by molar-refractivity contribution is 7.89. The summed E-state index contributed by atoms with van der Waals surface area (Å²) in [5.74, 6) is 0.183. The summed E-state index contributed by atoms with van der Waals surface area (Å²) in [5.41, 5.74) is 3.70. The summed E-state index contributed by atoms with van der Waals surface area (Å²) >= 11 is 0. The molecule has 1 aromatic heterocycles. The van der Waals surface area contributed by atoms with Crippen molar-refractivity contribution in [1.82, 2.24) is 19.4 Å². The highest BCUT2D eigenvalue weighted by Crippen LogP contribution is 2.34. The SMILES string of the molecule is O=S(=O)(CCN1CCCC1)N1CCC(c2[nH]nc3ccc(-c4cccc(F)c4)cc23)CC1. The largest absolute Gasteiger partial charge is 0.302 e. The molecule has 2 aliphatic heterocycles. The number of aromatic nitrogens is 2. The van der Waals surface area contributed by atoms with Crippen LogP contribution in [0.3, 0.4) is 0 Å². The second-order valence-electron chi connectivity index (χ2n) is 8.92. The fraction of sp³-hybridized carbons (Fsp3) is 0.458. The first-order valence-corrected chi connectivity index (χ1v) is 13.0. The highest BCUT2D eigenvalue weighted by Gasteiger charge is 2.30. The van der Waals surface area contributed by atoms with Gasteiger partial charge in [0.25, 0.3) is 0 Å². The molecule has 2 aromatic carbocycles. The molecule has 2 aliphatic rings. The number of hydrogen-bond acceptors (Lipinski definition) is 4. The van der Waals surface area contributed by atoms with Gasteiger partial charge in [-0.05, 0) is 74.2 Å². The topological polar surface area (TPSA) is 69.3 Å². The van der Waals surface area contributed by atoms with Crippen molar-refractivity contribution in [1.29, 1.82) is 0 Å². The number of H-pyrrole nitrogens is 1. The van der Waals surface area contributed by atoms with Gasteiger partial charge in [-0.2, -0.15) is 5.10 Å². The number of halogens is 1. The predicted octanol–water partition coefficient (Wildman–Crippen LogP) is 3.97. The smallest absolute Gasteiger partial charge is 0.215 e. The van der Waals surface area contributed by atoms with Gasteiger partial charge in [-0.3, -0.25) is 5.10 Å². The van der Waals surface area contributed by atoms with Gasteiger partial charge in [0, 0.05) is 36.6 Å². The predicted molar refractivity (Wildman–Crippen MR) is 124 cm³/mol. The summed E-state index contributed by atoms with van der Waals surface area (Å²) < 4.78 is 41.0. The number of hydrogen-bond donors (Lipinski definition) is 1. The molecule has 6 nitrogen and oxygen atoms in total. The zero-order chi connectivity index (χ0) is 22.1. The van der Waals surface area contributed by atoms with Gasteiger partial charge < -0.3 is 4.90 Å². The second kappa shape index (κ2) is 8.92. The van der Waals surface area contributed by atoms with Crippen LogP contribution in [0.15, 0.2) is 42.5 Å². The average molecular weight is 457 g/mol. The first-order chi connectivity index (χ1) is 15.5. The summed E-state index contributed by atoms with van der Waals surface area (Å²) in [6.45, 7) is 3.74. The molecule has 3 aromatic rings. The van der Waals surface area contributed by atoms with Crippen LogP contribution in [0.1, 0.15) is 37.3 Å². The fourth-order valence-corrected chi connectivity index (χ4v) is 6.51. The van der Waals surface area contributed by atoms with Gasteiger partial charge in [0.05, 0.1) is 11.3 Å². The van der Waals surface area contributed by atoms with E-state index in [0.29, 0.717) is 19.6 Å². The highest BCUT2D eigenvalue weighted by atomic mass is 32.2. The minimum Gasteiger partial charge on any atom is -0.302 e. The third-order valence-electron chi connectivity index (χ3n) is 6.86. The standard InChI is InChI=1S/C24H29FN4O2S/c25-21-5-3-4-19(16-21)20-6-7-23-22(17-20)24(27-26-23)18-8-12-29(13-9-18)32(30,31)15-14-28-10-1-2-11-28/h3-7,16-18H,1-2,8-15H2,(H,26,27). The van der Waals surface area contributed by atoms with E-state index < -0.39 is 10.0 Å². The molecule has 5 rings (SSSR count). The first kappa shape index (κ1) is 21.6. The lowest BCUT2D eigenvalue weighted by molar-refractivity contribution is 0.311. The molecule has 32 heavy (non-hydrogen) atoms. The quantitative estimate of drug-likeness (QED) is 0.609. The van der Waals surface area contributed by atoms with Gasteiger partial charge in [0.15, 0.2) is 0 Å². The van der Waals surface area contributed by atoms with Gasteiger partial charge in [-0.25, -0.2) is 17.1 Å². The van der Waals surface area contributed by atoms with Crippen LogP contribution in [0.2, 0.25) is 0 Å². The van der Waals surface area contributed by atoms with Crippen LogP contribution in [0, 0.1) is 5.82 Å². The Hall–Kier alpha value is -2.29. The van der Waals surface area contributed by atoms with Crippen molar-refractivity contribution in [3.05, 3.63) is 54.0 Å². The Balaban J connectivity index is 1.29. The maximum Gasteiger partial charge on any atom is 0.215 e. The Morgan fingerprint density at radius 3 is 2.50 bits per heavy atom. The van der Waals surface area contributed by atoms with Crippen molar-refractivity contribution in [3.8, 4) is 11.1 Å². The Morgan fingerprint density at radius 2 is 1.75 bits per heavy atom. The van der Waals surface area contributed by atoms with Crippen molar-refractivity contribution in [3.63, 3.8) is 0 Å². The number of benzene rings is 2. The van der Waals surface area contributed by atoms with Crippen LogP contribution in [0.25, 0.3) is 22.0 Å². The molecule has 0 radical (unpaired) electrons. The summed E-state index contributed by atoms with van der Waals surface area (Å²) in [7, 11) is -3.22. The third-order valence-corrected chi connectivity index (χ3v) is 8.71. The third kappa shape index (κ3) is 4.44. The molecule has 0 spiro atoms. The molecule has 8 heteroatoms.